The second-order valence-electron chi connectivity index (χ2n) is 9.17. The van der Waals surface area contributed by atoms with E-state index >= 15 is 0 Å². The van der Waals surface area contributed by atoms with E-state index in [1.807, 2.05) is 39.1 Å². The molecule has 170 valence electrons. The lowest BCUT2D eigenvalue weighted by molar-refractivity contribution is -0.0178. The standard InChI is InChI=1S/C24H27N7O2/c1-13-5-8-19(32-13)21-22-23(27-16(4)15(3)26-22)29-24(28-21)30-10-14(2)33-20(12-30)17-9-25-31(11-17)18-6-7-18/h5,8-9,11,14,18,20H,6-7,10,12H2,1-4H3/t14-,20+/m0/s1. The quantitative estimate of drug-likeness (QED) is 0.463. The number of furan rings is 1. The summed E-state index contributed by atoms with van der Waals surface area (Å²) in [6.07, 6.45) is 6.38. The third-order valence-electron chi connectivity index (χ3n) is 6.36. The molecule has 0 spiro atoms. The van der Waals surface area contributed by atoms with E-state index in [4.69, 9.17) is 29.1 Å². The summed E-state index contributed by atoms with van der Waals surface area (Å²) in [5.41, 5.74) is 4.69. The van der Waals surface area contributed by atoms with Crippen molar-refractivity contribution in [1.29, 1.82) is 0 Å². The third-order valence-corrected chi connectivity index (χ3v) is 6.36. The van der Waals surface area contributed by atoms with Gasteiger partial charge in [0.05, 0.1) is 36.3 Å². The number of anilines is 1. The topological polar surface area (TPSA) is 95.0 Å². The SMILES string of the molecule is Cc1ccc(-c2nc(N3C[C@H](C)O[C@@H](c4cnn(C5CC5)c4)C3)nc3nc(C)c(C)nc23)o1. The maximum absolute atomic E-state index is 6.28. The van der Waals surface area contributed by atoms with Crippen LogP contribution in [0.3, 0.4) is 0 Å². The smallest absolute Gasteiger partial charge is 0.228 e. The lowest BCUT2D eigenvalue weighted by Crippen LogP contribution is -2.43. The Kier molecular flexibility index (Phi) is 4.69. The summed E-state index contributed by atoms with van der Waals surface area (Å²) in [7, 11) is 0. The maximum Gasteiger partial charge on any atom is 0.228 e. The van der Waals surface area contributed by atoms with Crippen LogP contribution in [-0.4, -0.2) is 48.9 Å². The van der Waals surface area contributed by atoms with Gasteiger partial charge in [0.2, 0.25) is 5.95 Å². The van der Waals surface area contributed by atoms with Crippen LogP contribution in [0.25, 0.3) is 22.6 Å². The lowest BCUT2D eigenvalue weighted by Gasteiger charge is -2.36. The molecule has 4 aromatic rings. The molecule has 9 heteroatoms. The Morgan fingerprint density at radius 1 is 0.970 bits per heavy atom. The van der Waals surface area contributed by atoms with E-state index in [0.717, 1.165) is 22.7 Å². The van der Waals surface area contributed by atoms with Crippen LogP contribution in [0.2, 0.25) is 0 Å². The number of morpholine rings is 1. The van der Waals surface area contributed by atoms with Crippen molar-refractivity contribution in [1.82, 2.24) is 29.7 Å². The van der Waals surface area contributed by atoms with Crippen molar-refractivity contribution in [2.24, 2.45) is 0 Å². The molecule has 1 aliphatic heterocycles. The first-order valence-corrected chi connectivity index (χ1v) is 11.5. The predicted octanol–water partition coefficient (Wildman–Crippen LogP) is 4.10. The molecule has 2 aliphatic rings. The molecule has 9 nitrogen and oxygen atoms in total. The molecule has 0 radical (unpaired) electrons. The van der Waals surface area contributed by atoms with Gasteiger partial charge in [0.25, 0.3) is 0 Å². The summed E-state index contributed by atoms with van der Waals surface area (Å²) < 4.78 is 14.3. The zero-order valence-corrected chi connectivity index (χ0v) is 19.3. The van der Waals surface area contributed by atoms with Crippen molar-refractivity contribution in [3.63, 3.8) is 0 Å². The predicted molar refractivity (Wildman–Crippen MR) is 123 cm³/mol. The average Bonchev–Trinajstić information content (AvgIpc) is 3.35. The Morgan fingerprint density at radius 2 is 1.79 bits per heavy atom. The average molecular weight is 446 g/mol. The van der Waals surface area contributed by atoms with Gasteiger partial charge in [-0.25, -0.2) is 15.0 Å². The van der Waals surface area contributed by atoms with E-state index in [-0.39, 0.29) is 12.2 Å². The number of aromatic nitrogens is 6. The number of rotatable bonds is 4. The highest BCUT2D eigenvalue weighted by Crippen LogP contribution is 2.36. The molecule has 1 saturated heterocycles. The Hall–Kier alpha value is -3.33. The van der Waals surface area contributed by atoms with Crippen LogP contribution >= 0.6 is 0 Å². The highest BCUT2D eigenvalue weighted by atomic mass is 16.5. The minimum Gasteiger partial charge on any atom is -0.460 e. The van der Waals surface area contributed by atoms with Crippen LogP contribution in [0.5, 0.6) is 0 Å². The molecule has 0 N–H and O–H groups in total. The summed E-state index contributed by atoms with van der Waals surface area (Å²) in [5, 5.41) is 4.55. The molecular formula is C24H27N7O2. The number of hydrogen-bond donors (Lipinski definition) is 0. The summed E-state index contributed by atoms with van der Waals surface area (Å²) >= 11 is 0. The molecule has 6 rings (SSSR count). The van der Waals surface area contributed by atoms with E-state index in [0.29, 0.717) is 47.7 Å². The van der Waals surface area contributed by atoms with Gasteiger partial charge in [-0.15, -0.1) is 0 Å². The zero-order chi connectivity index (χ0) is 22.7. The number of hydrogen-bond acceptors (Lipinski definition) is 8. The zero-order valence-electron chi connectivity index (χ0n) is 19.3. The van der Waals surface area contributed by atoms with Crippen molar-refractivity contribution in [2.75, 3.05) is 18.0 Å². The second kappa shape index (κ2) is 7.62. The molecular weight excluding hydrogens is 418 g/mol. The van der Waals surface area contributed by atoms with Crippen molar-refractivity contribution in [2.45, 2.75) is 58.8 Å². The first-order chi connectivity index (χ1) is 15.9. The van der Waals surface area contributed by atoms with Gasteiger partial charge in [0, 0.05) is 18.3 Å². The van der Waals surface area contributed by atoms with E-state index in [2.05, 4.69) is 27.8 Å². The molecule has 0 aromatic carbocycles. The van der Waals surface area contributed by atoms with Crippen molar-refractivity contribution >= 4 is 17.1 Å². The highest BCUT2D eigenvalue weighted by molar-refractivity contribution is 5.86. The van der Waals surface area contributed by atoms with E-state index in [1.165, 1.54) is 12.8 Å². The highest BCUT2D eigenvalue weighted by Gasteiger charge is 2.31. The van der Waals surface area contributed by atoms with Gasteiger partial charge in [-0.05, 0) is 52.7 Å². The van der Waals surface area contributed by atoms with Crippen LogP contribution in [0.15, 0.2) is 28.9 Å². The first kappa shape index (κ1) is 20.3. The minimum absolute atomic E-state index is 0.0208. The Morgan fingerprint density at radius 3 is 2.55 bits per heavy atom. The fraction of sp³-hybridized carbons (Fsp3) is 0.458. The van der Waals surface area contributed by atoms with Crippen molar-refractivity contribution in [3.8, 4) is 11.5 Å². The normalized spacial score (nSPS) is 21.2. The second-order valence-corrected chi connectivity index (χ2v) is 9.17. The largest absolute Gasteiger partial charge is 0.460 e. The van der Waals surface area contributed by atoms with Gasteiger partial charge in [-0.3, -0.25) is 4.68 Å². The van der Waals surface area contributed by atoms with Gasteiger partial charge in [0.15, 0.2) is 11.4 Å². The molecule has 1 aliphatic carbocycles. The molecule has 33 heavy (non-hydrogen) atoms. The van der Waals surface area contributed by atoms with Crippen molar-refractivity contribution in [3.05, 3.63) is 47.2 Å². The summed E-state index contributed by atoms with van der Waals surface area (Å²) in [6, 6.07) is 4.40. The Bertz CT molecular complexity index is 1340. The molecule has 0 bridgehead atoms. The van der Waals surface area contributed by atoms with Crippen LogP contribution in [0.4, 0.5) is 5.95 Å². The van der Waals surface area contributed by atoms with Crippen molar-refractivity contribution < 1.29 is 9.15 Å². The van der Waals surface area contributed by atoms with Gasteiger partial charge < -0.3 is 14.1 Å². The van der Waals surface area contributed by atoms with Gasteiger partial charge in [0.1, 0.15) is 23.1 Å². The van der Waals surface area contributed by atoms with Gasteiger partial charge in [-0.1, -0.05) is 0 Å². The number of aryl methyl sites for hydroxylation is 3. The van der Waals surface area contributed by atoms with Gasteiger partial charge >= 0.3 is 0 Å². The van der Waals surface area contributed by atoms with Crippen LogP contribution in [-0.2, 0) is 4.74 Å². The maximum atomic E-state index is 6.28. The third kappa shape index (κ3) is 3.76. The van der Waals surface area contributed by atoms with Crippen LogP contribution in [0.1, 0.15) is 54.6 Å². The van der Waals surface area contributed by atoms with E-state index in [1.54, 1.807) is 0 Å². The Balaban J connectivity index is 1.41. The summed E-state index contributed by atoms with van der Waals surface area (Å²) in [6.45, 7) is 9.23. The number of ether oxygens (including phenoxy) is 1. The number of nitrogens with zero attached hydrogens (tertiary/aromatic N) is 7. The lowest BCUT2D eigenvalue weighted by atomic mass is 10.1. The molecule has 2 atom stereocenters. The molecule has 1 saturated carbocycles. The monoisotopic (exact) mass is 445 g/mol. The van der Waals surface area contributed by atoms with Crippen LogP contribution in [0, 0.1) is 20.8 Å². The minimum atomic E-state index is -0.0966. The van der Waals surface area contributed by atoms with Gasteiger partial charge in [-0.2, -0.15) is 10.1 Å². The molecule has 2 fully saturated rings. The van der Waals surface area contributed by atoms with E-state index < -0.39 is 0 Å². The fourth-order valence-corrected chi connectivity index (χ4v) is 4.33. The fourth-order valence-electron chi connectivity index (χ4n) is 4.33. The molecule has 0 unspecified atom stereocenters. The van der Waals surface area contributed by atoms with Crippen LogP contribution < -0.4 is 4.90 Å². The Labute approximate surface area is 191 Å². The number of fused-ring (bicyclic) bond motifs is 1. The molecule has 0 amide bonds. The summed E-state index contributed by atoms with van der Waals surface area (Å²) in [4.78, 5) is 21.4. The molecule has 4 aromatic heterocycles. The molecule has 5 heterocycles. The van der Waals surface area contributed by atoms with E-state index in [9.17, 15) is 0 Å². The first-order valence-electron chi connectivity index (χ1n) is 11.5. The summed E-state index contributed by atoms with van der Waals surface area (Å²) in [5.74, 6) is 2.10.